The van der Waals surface area contributed by atoms with Gasteiger partial charge in [0.25, 0.3) is 5.91 Å². The molecule has 1 saturated heterocycles. The van der Waals surface area contributed by atoms with E-state index in [1.54, 1.807) is 12.0 Å². The van der Waals surface area contributed by atoms with Gasteiger partial charge >= 0.3 is 0 Å². The molecule has 0 bridgehead atoms. The van der Waals surface area contributed by atoms with E-state index in [1.807, 2.05) is 42.7 Å². The third-order valence-electron chi connectivity index (χ3n) is 10.5. The molecule has 3 fully saturated rings. The van der Waals surface area contributed by atoms with Crippen LogP contribution in [0.15, 0.2) is 35.7 Å². The van der Waals surface area contributed by atoms with Crippen molar-refractivity contribution in [3.8, 4) is 22.2 Å². The van der Waals surface area contributed by atoms with Crippen molar-refractivity contribution in [3.63, 3.8) is 0 Å². The standard InChI is InChI=1S/C37H45N5O7S2/c1-21(2)28-20-50-35(39-28)27-17-31(26-14-15-30(48-4)22(3)33(26)38-27)49-24-16-29-34(44)40-37(36(45)41-51(46,47)25-12-13-25)18-23(37)10-8-6-5-7-9-11-32(43)42(29)19-24/h8,10,14-15,17,20-21,23-25,29H,5-7,9,11-13,16,18-19H2,1-4H3,(H,40,44)(H,41,45)/b10-8-/t23-,24+,29-,37+/m0/s1. The monoisotopic (exact) mass is 735 g/mol. The number of aryl methyl sites for hydroxylation is 1. The Kier molecular flexibility index (Phi) is 9.59. The van der Waals surface area contributed by atoms with E-state index in [2.05, 4.69) is 23.9 Å². The minimum absolute atomic E-state index is 0.152. The second-order valence-corrected chi connectivity index (χ2v) is 17.4. The molecule has 7 rings (SSSR count). The van der Waals surface area contributed by atoms with Gasteiger partial charge in [-0.3, -0.25) is 19.1 Å². The van der Waals surface area contributed by atoms with Crippen molar-refractivity contribution in [1.29, 1.82) is 0 Å². The second kappa shape index (κ2) is 13.8. The zero-order chi connectivity index (χ0) is 36.1. The molecule has 0 unspecified atom stereocenters. The van der Waals surface area contributed by atoms with Gasteiger partial charge in [0, 0.05) is 41.2 Å². The third kappa shape index (κ3) is 7.09. The number of pyridine rings is 1. The lowest BCUT2D eigenvalue weighted by Gasteiger charge is -2.26. The van der Waals surface area contributed by atoms with E-state index in [0.717, 1.165) is 40.9 Å². The average Bonchev–Trinajstić information content (AvgIpc) is 3.97. The van der Waals surface area contributed by atoms with E-state index >= 15 is 0 Å². The molecule has 272 valence electrons. The zero-order valence-corrected chi connectivity index (χ0v) is 31.1. The Morgan fingerprint density at radius 2 is 1.94 bits per heavy atom. The molecule has 4 atom stereocenters. The number of allylic oxidation sites excluding steroid dienone is 1. The number of nitrogens with one attached hydrogen (secondary N) is 2. The number of thiazole rings is 1. The fourth-order valence-corrected chi connectivity index (χ4v) is 9.45. The van der Waals surface area contributed by atoms with E-state index in [-0.39, 0.29) is 43.6 Å². The van der Waals surface area contributed by atoms with Crippen LogP contribution < -0.4 is 19.5 Å². The summed E-state index contributed by atoms with van der Waals surface area (Å²) < 4.78 is 40.1. The van der Waals surface area contributed by atoms with Crippen molar-refractivity contribution in [2.24, 2.45) is 5.92 Å². The van der Waals surface area contributed by atoms with Crippen LogP contribution in [0.5, 0.6) is 11.5 Å². The van der Waals surface area contributed by atoms with Crippen LogP contribution in [0.2, 0.25) is 0 Å². The van der Waals surface area contributed by atoms with Gasteiger partial charge in [-0.1, -0.05) is 32.4 Å². The van der Waals surface area contributed by atoms with Crippen LogP contribution >= 0.6 is 11.3 Å². The maximum Gasteiger partial charge on any atom is 0.259 e. The fourth-order valence-electron chi connectivity index (χ4n) is 7.15. The largest absolute Gasteiger partial charge is 0.496 e. The number of carbonyl (C=O) groups excluding carboxylic acids is 3. The molecule has 2 saturated carbocycles. The number of hydrogen-bond acceptors (Lipinski definition) is 10. The summed E-state index contributed by atoms with van der Waals surface area (Å²) >= 11 is 1.51. The third-order valence-corrected chi connectivity index (χ3v) is 13.2. The number of nitrogens with zero attached hydrogens (tertiary/aromatic N) is 3. The van der Waals surface area contributed by atoms with Gasteiger partial charge in [0.15, 0.2) is 0 Å². The number of benzene rings is 1. The number of fused-ring (bicyclic) bond motifs is 3. The lowest BCUT2D eigenvalue weighted by molar-refractivity contribution is -0.139. The van der Waals surface area contributed by atoms with E-state index < -0.39 is 44.8 Å². The number of rotatable bonds is 8. The molecule has 0 radical (unpaired) electrons. The Morgan fingerprint density at radius 1 is 1.14 bits per heavy atom. The lowest BCUT2D eigenvalue weighted by Crippen LogP contribution is -2.56. The first-order valence-corrected chi connectivity index (χ1v) is 20.3. The molecule has 51 heavy (non-hydrogen) atoms. The smallest absolute Gasteiger partial charge is 0.259 e. The molecule has 4 heterocycles. The molecule has 2 N–H and O–H groups in total. The van der Waals surface area contributed by atoms with Gasteiger partial charge in [0.05, 0.1) is 30.1 Å². The lowest BCUT2D eigenvalue weighted by atomic mass is 10.1. The van der Waals surface area contributed by atoms with Crippen molar-refractivity contribution in [3.05, 3.63) is 47.0 Å². The summed E-state index contributed by atoms with van der Waals surface area (Å²) in [4.78, 5) is 52.8. The molecule has 14 heteroatoms. The fraction of sp³-hybridized carbons (Fsp3) is 0.541. The first kappa shape index (κ1) is 35.4. The quantitative estimate of drug-likeness (QED) is 0.299. The number of sulfonamides is 1. The number of amides is 3. The van der Waals surface area contributed by atoms with Gasteiger partial charge in [-0.2, -0.15) is 0 Å². The van der Waals surface area contributed by atoms with Crippen molar-refractivity contribution in [2.75, 3.05) is 13.7 Å². The Balaban J connectivity index is 1.19. The molecule has 2 aromatic heterocycles. The Labute approximate surface area is 302 Å². The van der Waals surface area contributed by atoms with Crippen LogP contribution in [0.25, 0.3) is 21.6 Å². The summed E-state index contributed by atoms with van der Waals surface area (Å²) in [5, 5.41) is 5.90. The Morgan fingerprint density at radius 3 is 2.67 bits per heavy atom. The van der Waals surface area contributed by atoms with E-state index in [4.69, 9.17) is 19.4 Å². The molecule has 3 amide bonds. The molecule has 0 spiro atoms. The molecular formula is C37H45N5O7S2. The summed E-state index contributed by atoms with van der Waals surface area (Å²) in [5.41, 5.74) is 1.78. The van der Waals surface area contributed by atoms with Crippen LogP contribution in [-0.2, 0) is 24.4 Å². The first-order valence-electron chi connectivity index (χ1n) is 17.8. The van der Waals surface area contributed by atoms with Gasteiger partial charge in [0.1, 0.15) is 39.9 Å². The summed E-state index contributed by atoms with van der Waals surface area (Å²) in [6, 6.07) is 4.74. The highest BCUT2D eigenvalue weighted by molar-refractivity contribution is 7.91. The topological polar surface area (TPSA) is 157 Å². The number of ether oxygens (including phenoxy) is 2. The van der Waals surface area contributed by atoms with Crippen molar-refractivity contribution >= 4 is 50.0 Å². The van der Waals surface area contributed by atoms with Gasteiger partial charge in [-0.05, 0) is 63.5 Å². The van der Waals surface area contributed by atoms with Crippen molar-refractivity contribution < 1.29 is 32.3 Å². The van der Waals surface area contributed by atoms with Gasteiger partial charge in [-0.25, -0.2) is 18.4 Å². The Hall–Kier alpha value is -4.04. The summed E-state index contributed by atoms with van der Waals surface area (Å²) in [5.74, 6) is -0.217. The highest BCUT2D eigenvalue weighted by Gasteiger charge is 2.62. The predicted molar refractivity (Wildman–Crippen MR) is 194 cm³/mol. The van der Waals surface area contributed by atoms with E-state index in [1.165, 1.54) is 11.3 Å². The van der Waals surface area contributed by atoms with Crippen LogP contribution in [0.4, 0.5) is 0 Å². The van der Waals surface area contributed by atoms with E-state index in [0.29, 0.717) is 42.0 Å². The summed E-state index contributed by atoms with van der Waals surface area (Å²) in [7, 11) is -2.21. The average molecular weight is 736 g/mol. The number of hydrogen-bond donors (Lipinski definition) is 2. The number of methoxy groups -OCH3 is 1. The highest BCUT2D eigenvalue weighted by Crippen LogP contribution is 2.46. The molecule has 4 aliphatic rings. The molecule has 1 aromatic carbocycles. The summed E-state index contributed by atoms with van der Waals surface area (Å²) in [6.07, 6.45) is 8.34. The molecule has 12 nitrogen and oxygen atoms in total. The molecule has 2 aliphatic heterocycles. The minimum atomic E-state index is -3.82. The number of aromatic nitrogens is 2. The van der Waals surface area contributed by atoms with Gasteiger partial charge < -0.3 is 19.7 Å². The first-order chi connectivity index (χ1) is 24.4. The maximum absolute atomic E-state index is 14.1. The Bertz CT molecular complexity index is 2010. The molecular weight excluding hydrogens is 691 g/mol. The van der Waals surface area contributed by atoms with Crippen molar-refractivity contribution in [1.82, 2.24) is 24.9 Å². The second-order valence-electron chi connectivity index (χ2n) is 14.5. The molecule has 3 aromatic rings. The van der Waals surface area contributed by atoms with E-state index in [9.17, 15) is 22.8 Å². The van der Waals surface area contributed by atoms with Crippen LogP contribution in [0, 0.1) is 12.8 Å². The summed E-state index contributed by atoms with van der Waals surface area (Å²) in [6.45, 7) is 6.30. The van der Waals surface area contributed by atoms with Gasteiger partial charge in [0.2, 0.25) is 21.8 Å². The SMILES string of the molecule is COc1ccc2c(O[C@@H]3C[C@H]4C(=O)N[C@]5(C(=O)NS(=O)(=O)C6CC6)C[C@@H]5/C=C\CCCCCC(=O)N4C3)cc(-c3nc(C(C)C)cs3)nc2c1C. The minimum Gasteiger partial charge on any atom is -0.496 e. The van der Waals surface area contributed by atoms with Gasteiger partial charge in [-0.15, -0.1) is 11.3 Å². The van der Waals surface area contributed by atoms with Crippen LogP contribution in [0.3, 0.4) is 0 Å². The maximum atomic E-state index is 14.1. The normalized spacial score (nSPS) is 26.2. The van der Waals surface area contributed by atoms with Crippen LogP contribution in [0.1, 0.15) is 88.8 Å². The molecule has 2 aliphatic carbocycles. The predicted octanol–water partition coefficient (Wildman–Crippen LogP) is 5.15. The zero-order valence-electron chi connectivity index (χ0n) is 29.4. The highest BCUT2D eigenvalue weighted by atomic mass is 32.2. The van der Waals surface area contributed by atoms with Crippen molar-refractivity contribution in [2.45, 2.75) is 107 Å². The number of carbonyl (C=O) groups is 3. The van der Waals surface area contributed by atoms with Crippen LogP contribution in [-0.4, -0.2) is 77.6 Å².